The van der Waals surface area contributed by atoms with Gasteiger partial charge in [0.05, 0.1) is 44.4 Å². The first-order valence-electron chi connectivity index (χ1n) is 9.54. The number of alkyl halides is 3. The van der Waals surface area contributed by atoms with E-state index < -0.39 is 29.4 Å². The van der Waals surface area contributed by atoms with E-state index in [0.717, 1.165) is 12.1 Å². The third-order valence-electron chi connectivity index (χ3n) is 5.13. The summed E-state index contributed by atoms with van der Waals surface area (Å²) in [6.07, 6.45) is -5.57. The van der Waals surface area contributed by atoms with Gasteiger partial charge in [0.1, 0.15) is 0 Å². The van der Waals surface area contributed by atoms with Crippen molar-refractivity contribution in [3.8, 4) is 0 Å². The fourth-order valence-corrected chi connectivity index (χ4v) is 4.67. The summed E-state index contributed by atoms with van der Waals surface area (Å²) in [5.41, 5.74) is -2.71. The number of rotatable bonds is 5. The molecule has 35 heavy (non-hydrogen) atoms. The minimum absolute atomic E-state index is 0.0341. The first-order chi connectivity index (χ1) is 16.3. The number of hydrogen-bond acceptors (Lipinski definition) is 6. The van der Waals surface area contributed by atoms with Crippen LogP contribution in [0.25, 0.3) is 0 Å². The number of nitrogens with zero attached hydrogens (tertiary/aromatic N) is 2. The first kappa shape index (κ1) is 27.7. The van der Waals surface area contributed by atoms with Crippen LogP contribution in [-0.2, 0) is 20.0 Å². The quantitative estimate of drug-likeness (QED) is 0.269. The Morgan fingerprint density at radius 1 is 1.14 bits per heavy atom. The second-order valence-corrected chi connectivity index (χ2v) is 9.76. The molecule has 2 aromatic rings. The zero-order chi connectivity index (χ0) is 26.1. The van der Waals surface area contributed by atoms with Gasteiger partial charge in [0.2, 0.25) is 5.91 Å². The molecule has 0 radical (unpaired) electrons. The Labute approximate surface area is 222 Å². The lowest BCUT2D eigenvalue weighted by Gasteiger charge is -2.30. The lowest BCUT2D eigenvalue weighted by Crippen LogP contribution is -2.42. The van der Waals surface area contributed by atoms with Gasteiger partial charge in [-0.1, -0.05) is 57.6 Å². The van der Waals surface area contributed by atoms with Crippen LogP contribution >= 0.6 is 58.2 Å². The molecule has 1 atom stereocenters. The number of thioether (sulfide) groups is 1. The van der Waals surface area contributed by atoms with Crippen molar-refractivity contribution in [1.82, 2.24) is 0 Å². The predicted molar refractivity (Wildman–Crippen MR) is 131 cm³/mol. The molecule has 6 nitrogen and oxygen atoms in total. The molecule has 1 amide bonds. The maximum atomic E-state index is 14.2. The summed E-state index contributed by atoms with van der Waals surface area (Å²) in [7, 11) is 2.64. The first-order valence-corrected chi connectivity index (χ1v) is 12.0. The number of amides is 1. The zero-order valence-electron chi connectivity index (χ0n) is 17.9. The largest absolute Gasteiger partial charge is 0.461 e. The molecule has 1 aliphatic heterocycles. The molecule has 1 unspecified atom stereocenters. The number of ether oxygens (including phenoxy) is 1. The topological polar surface area (TPSA) is 68.2 Å². The van der Waals surface area contributed by atoms with Crippen LogP contribution in [0.5, 0.6) is 0 Å². The summed E-state index contributed by atoms with van der Waals surface area (Å²) in [4.78, 5) is 29.8. The van der Waals surface area contributed by atoms with Gasteiger partial charge in [-0.05, 0) is 36.0 Å². The van der Waals surface area contributed by atoms with Crippen LogP contribution < -0.4 is 4.90 Å². The summed E-state index contributed by atoms with van der Waals surface area (Å²) >= 11 is 24.8. The van der Waals surface area contributed by atoms with Crippen LogP contribution in [0.2, 0.25) is 20.1 Å². The third kappa shape index (κ3) is 5.61. The molecule has 1 heterocycles. The number of carbonyl (C=O) groups excluding carboxylic acids is 2. The normalized spacial score (nSPS) is 17.6. The van der Waals surface area contributed by atoms with E-state index in [0.29, 0.717) is 11.8 Å². The molecule has 0 aromatic heterocycles. The van der Waals surface area contributed by atoms with Crippen molar-refractivity contribution in [3.63, 3.8) is 0 Å². The van der Waals surface area contributed by atoms with Gasteiger partial charge < -0.3 is 14.5 Å². The van der Waals surface area contributed by atoms with E-state index in [-0.39, 0.29) is 48.4 Å². The van der Waals surface area contributed by atoms with Gasteiger partial charge in [0.15, 0.2) is 0 Å². The van der Waals surface area contributed by atoms with Crippen molar-refractivity contribution in [3.05, 3.63) is 61.5 Å². The number of hydrogen-bond donors (Lipinski definition) is 0. The summed E-state index contributed by atoms with van der Waals surface area (Å²) in [6.45, 7) is 0. The molecule has 188 valence electrons. The Hall–Kier alpha value is -1.85. The molecule has 0 saturated carbocycles. The minimum atomic E-state index is -4.88. The van der Waals surface area contributed by atoms with Crippen LogP contribution in [0, 0.1) is 0 Å². The molecule has 14 heteroatoms. The van der Waals surface area contributed by atoms with Gasteiger partial charge in [-0.25, -0.2) is 4.79 Å². The summed E-state index contributed by atoms with van der Waals surface area (Å²) in [5.74, 6) is -0.633. The van der Waals surface area contributed by atoms with Crippen molar-refractivity contribution < 1.29 is 32.3 Å². The number of oxime groups is 1. The summed E-state index contributed by atoms with van der Waals surface area (Å²) in [6, 6.07) is 6.33. The smallest absolute Gasteiger partial charge is 0.435 e. The molecule has 0 spiro atoms. The highest BCUT2D eigenvalue weighted by Crippen LogP contribution is 2.50. The highest BCUT2D eigenvalue weighted by Gasteiger charge is 2.62. The van der Waals surface area contributed by atoms with Crippen LogP contribution in [0.4, 0.5) is 23.7 Å². The zero-order valence-corrected chi connectivity index (χ0v) is 21.7. The molecule has 0 fully saturated rings. The van der Waals surface area contributed by atoms with Gasteiger partial charge in [-0.15, -0.1) is 0 Å². The van der Waals surface area contributed by atoms with Crippen molar-refractivity contribution in [1.29, 1.82) is 0 Å². The van der Waals surface area contributed by atoms with E-state index >= 15 is 0 Å². The van der Waals surface area contributed by atoms with E-state index in [1.807, 2.05) is 0 Å². The third-order valence-corrected chi connectivity index (χ3v) is 7.43. The van der Waals surface area contributed by atoms with Crippen molar-refractivity contribution in [2.24, 2.45) is 5.16 Å². The Kier molecular flexibility index (Phi) is 8.43. The number of methoxy groups -OCH3 is 1. The van der Waals surface area contributed by atoms with Gasteiger partial charge >= 0.3 is 11.5 Å². The van der Waals surface area contributed by atoms with Crippen molar-refractivity contribution in [2.75, 3.05) is 24.8 Å². The van der Waals surface area contributed by atoms with Crippen LogP contribution in [0.1, 0.15) is 17.5 Å². The Morgan fingerprint density at radius 2 is 1.77 bits per heavy atom. The molecule has 0 aliphatic carbocycles. The second-order valence-electron chi connectivity index (χ2n) is 7.25. The van der Waals surface area contributed by atoms with E-state index in [2.05, 4.69) is 9.89 Å². The summed E-state index contributed by atoms with van der Waals surface area (Å²) < 4.78 is 47.2. The molecule has 0 saturated heterocycles. The number of benzene rings is 2. The second kappa shape index (κ2) is 10.6. The minimum Gasteiger partial charge on any atom is -0.461 e. The highest BCUT2D eigenvalue weighted by atomic mass is 35.5. The van der Waals surface area contributed by atoms with Gasteiger partial charge in [0, 0.05) is 24.6 Å². The Morgan fingerprint density at radius 3 is 2.31 bits per heavy atom. The summed E-state index contributed by atoms with van der Waals surface area (Å²) in [5, 5.41) is 2.71. The molecule has 1 aliphatic rings. The van der Waals surface area contributed by atoms with Gasteiger partial charge in [-0.3, -0.25) is 4.79 Å². The lowest BCUT2D eigenvalue weighted by atomic mass is 9.86. The Bertz CT molecular complexity index is 1190. The van der Waals surface area contributed by atoms with E-state index in [9.17, 15) is 22.8 Å². The van der Waals surface area contributed by atoms with Gasteiger partial charge in [0.25, 0.3) is 5.60 Å². The van der Waals surface area contributed by atoms with Crippen LogP contribution in [-0.4, -0.2) is 43.0 Å². The molecule has 2 aromatic carbocycles. The molecule has 0 N–H and O–H groups in total. The van der Waals surface area contributed by atoms with Crippen LogP contribution in [0.15, 0.2) is 35.5 Å². The average molecular weight is 590 g/mol. The van der Waals surface area contributed by atoms with Crippen LogP contribution in [0.3, 0.4) is 0 Å². The number of anilines is 1. The van der Waals surface area contributed by atoms with Crippen molar-refractivity contribution in [2.45, 2.75) is 18.2 Å². The average Bonchev–Trinajstić information content (AvgIpc) is 3.27. The van der Waals surface area contributed by atoms with E-state index in [1.54, 1.807) is 0 Å². The fourth-order valence-electron chi connectivity index (χ4n) is 3.22. The van der Waals surface area contributed by atoms with Gasteiger partial charge in [-0.2, -0.15) is 13.2 Å². The molecular weight excluding hydrogens is 575 g/mol. The van der Waals surface area contributed by atoms with E-state index in [4.69, 9.17) is 51.2 Å². The maximum Gasteiger partial charge on any atom is 0.435 e. The Balaban J connectivity index is 1.87. The number of halogens is 7. The molecule has 3 rings (SSSR count). The highest BCUT2D eigenvalue weighted by molar-refractivity contribution is 8.13. The fraction of sp³-hybridized carbons (Fsp3) is 0.286. The predicted octanol–water partition coefficient (Wildman–Crippen LogP) is 7.34. The number of carbonyl (C=O) groups is 2. The molecular formula is C21H15Cl4F3N2O4S. The van der Waals surface area contributed by atoms with Crippen molar-refractivity contribution >= 4 is 80.8 Å². The monoisotopic (exact) mass is 588 g/mol. The lowest BCUT2D eigenvalue weighted by molar-refractivity contribution is -0.275. The van der Waals surface area contributed by atoms with E-state index in [1.165, 1.54) is 37.3 Å². The molecule has 0 bridgehead atoms. The maximum absolute atomic E-state index is 14.2. The standard InChI is InChI=1S/C21H15Cl4F3N2O4S/c1-30(17(31)9-35-19(32)33-2)16-4-3-10(5-12(16)22)15-8-20(34-29-15,21(26,27)28)11-6-13(23)18(25)14(24)7-11/h3-7H,8-9H2,1-2H3. The SMILES string of the molecule is COC(=O)SCC(=O)N(C)c1ccc(C2=NOC(c3cc(Cl)c(Cl)c(Cl)c3)(C(F)(F)F)C2)cc1Cl.